The molecule has 1 unspecified atom stereocenters. The molecule has 0 fully saturated rings. The van der Waals surface area contributed by atoms with Crippen LogP contribution in [0.15, 0.2) is 18.2 Å². The Hall–Kier alpha value is -1.04. The van der Waals surface area contributed by atoms with Gasteiger partial charge in [-0.15, -0.1) is 0 Å². The van der Waals surface area contributed by atoms with Crippen molar-refractivity contribution in [3.63, 3.8) is 0 Å². The minimum atomic E-state index is -0.298. The van der Waals surface area contributed by atoms with Gasteiger partial charge in [-0.3, -0.25) is 0 Å². The molecule has 1 aromatic carbocycles. The monoisotopic (exact) mass is 194 g/mol. The van der Waals surface area contributed by atoms with E-state index in [4.69, 9.17) is 22.0 Å². The molecular formula is C10H9ClNO. The van der Waals surface area contributed by atoms with E-state index in [1.807, 2.05) is 6.07 Å². The number of rotatable bonds is 2. The smallest absolute Gasteiger partial charge is 0.0994 e. The second kappa shape index (κ2) is 4.27. The molecular weight excluding hydrogens is 186 g/mol. The van der Waals surface area contributed by atoms with Gasteiger partial charge in [0.2, 0.25) is 0 Å². The molecule has 0 spiro atoms. The largest absolute Gasteiger partial charge is 0.396 e. The van der Waals surface area contributed by atoms with Gasteiger partial charge in [-0.2, -0.15) is 5.26 Å². The Labute approximate surface area is 82.4 Å². The topological polar surface area (TPSA) is 44.0 Å². The highest BCUT2D eigenvalue weighted by Gasteiger charge is 2.09. The lowest BCUT2D eigenvalue weighted by atomic mass is 9.97. The second-order valence-electron chi connectivity index (χ2n) is 2.72. The minimum Gasteiger partial charge on any atom is -0.396 e. The van der Waals surface area contributed by atoms with Crippen molar-refractivity contribution in [1.82, 2.24) is 0 Å². The van der Waals surface area contributed by atoms with E-state index >= 15 is 0 Å². The van der Waals surface area contributed by atoms with E-state index in [1.54, 1.807) is 18.2 Å². The van der Waals surface area contributed by atoms with Crippen LogP contribution < -0.4 is 0 Å². The van der Waals surface area contributed by atoms with Gasteiger partial charge in [0.15, 0.2) is 0 Å². The average Bonchev–Trinajstić information content (AvgIpc) is 2.16. The number of halogens is 1. The molecule has 0 heterocycles. The maximum atomic E-state index is 8.88. The van der Waals surface area contributed by atoms with Crippen LogP contribution in [0.2, 0.25) is 5.02 Å². The first-order chi connectivity index (χ1) is 6.19. The number of nitriles is 1. The van der Waals surface area contributed by atoms with E-state index in [-0.39, 0.29) is 12.5 Å². The van der Waals surface area contributed by atoms with E-state index in [9.17, 15) is 0 Å². The molecule has 1 atom stereocenters. The first kappa shape index (κ1) is 10.0. The molecule has 1 aromatic rings. The molecule has 2 nitrogen and oxygen atoms in total. The van der Waals surface area contributed by atoms with Crippen LogP contribution in [0.3, 0.4) is 0 Å². The molecule has 1 N–H and O–H groups in total. The maximum Gasteiger partial charge on any atom is 0.0994 e. The molecule has 0 aromatic heterocycles. The van der Waals surface area contributed by atoms with Crippen molar-refractivity contribution in [2.75, 3.05) is 6.61 Å². The molecule has 1 rings (SSSR count). The third kappa shape index (κ3) is 2.21. The third-order valence-electron chi connectivity index (χ3n) is 1.79. The Morgan fingerprint density at radius 1 is 1.62 bits per heavy atom. The molecule has 0 saturated heterocycles. The minimum absolute atomic E-state index is 0.0883. The Bertz CT molecular complexity index is 343. The summed E-state index contributed by atoms with van der Waals surface area (Å²) in [6.07, 6.45) is 0. The highest BCUT2D eigenvalue weighted by molar-refractivity contribution is 6.30. The molecule has 1 radical (unpaired) electrons. The SMILES string of the molecule is [CH2]C(CO)c1cc(Cl)ccc1C#N. The zero-order valence-electron chi connectivity index (χ0n) is 7.00. The number of nitrogens with zero attached hydrogens (tertiary/aromatic N) is 1. The number of aliphatic hydroxyl groups excluding tert-OH is 1. The highest BCUT2D eigenvalue weighted by atomic mass is 35.5. The van der Waals surface area contributed by atoms with E-state index in [1.165, 1.54) is 0 Å². The molecule has 0 bridgehead atoms. The Morgan fingerprint density at radius 3 is 2.85 bits per heavy atom. The van der Waals surface area contributed by atoms with Gasteiger partial charge >= 0.3 is 0 Å². The van der Waals surface area contributed by atoms with E-state index in [0.29, 0.717) is 16.1 Å². The summed E-state index contributed by atoms with van der Waals surface area (Å²) < 4.78 is 0. The molecule has 0 amide bonds. The van der Waals surface area contributed by atoms with Crippen molar-refractivity contribution in [2.45, 2.75) is 5.92 Å². The number of hydrogen-bond acceptors (Lipinski definition) is 2. The number of aliphatic hydroxyl groups is 1. The Balaban J connectivity index is 3.17. The average molecular weight is 195 g/mol. The molecule has 0 aliphatic heterocycles. The zero-order valence-corrected chi connectivity index (χ0v) is 7.75. The Morgan fingerprint density at radius 2 is 2.31 bits per heavy atom. The van der Waals surface area contributed by atoms with Gasteiger partial charge in [-0.1, -0.05) is 11.6 Å². The first-order valence-corrected chi connectivity index (χ1v) is 4.20. The summed E-state index contributed by atoms with van der Waals surface area (Å²) in [5.74, 6) is -0.298. The predicted molar refractivity (Wildman–Crippen MR) is 51.4 cm³/mol. The highest BCUT2D eigenvalue weighted by Crippen LogP contribution is 2.22. The van der Waals surface area contributed by atoms with Crippen LogP contribution >= 0.6 is 11.6 Å². The fourth-order valence-corrected chi connectivity index (χ4v) is 1.25. The first-order valence-electron chi connectivity index (χ1n) is 3.82. The van der Waals surface area contributed by atoms with Crippen LogP contribution in [0.5, 0.6) is 0 Å². The summed E-state index contributed by atoms with van der Waals surface area (Å²) in [6, 6.07) is 6.97. The lowest BCUT2D eigenvalue weighted by molar-refractivity contribution is 0.282. The van der Waals surface area contributed by atoms with Crippen LogP contribution in [-0.2, 0) is 0 Å². The second-order valence-corrected chi connectivity index (χ2v) is 3.16. The van der Waals surface area contributed by atoms with Crippen molar-refractivity contribution in [2.24, 2.45) is 0 Å². The standard InChI is InChI=1S/C10H9ClNO/c1-7(6-13)10-4-9(11)3-2-8(10)5-12/h2-4,7,13H,1,6H2. The molecule has 0 aliphatic carbocycles. The van der Waals surface area contributed by atoms with Crippen LogP contribution in [0.1, 0.15) is 17.0 Å². The van der Waals surface area contributed by atoms with Crippen molar-refractivity contribution in [1.29, 1.82) is 5.26 Å². The maximum absolute atomic E-state index is 8.88. The van der Waals surface area contributed by atoms with Crippen LogP contribution in [0.25, 0.3) is 0 Å². The molecule has 67 valence electrons. The fraction of sp³-hybridized carbons (Fsp3) is 0.200. The molecule has 0 aliphatic rings. The van der Waals surface area contributed by atoms with Gasteiger partial charge in [-0.05, 0) is 30.7 Å². The van der Waals surface area contributed by atoms with Crippen molar-refractivity contribution >= 4 is 11.6 Å². The summed E-state index contributed by atoms with van der Waals surface area (Å²) in [6.45, 7) is 3.63. The van der Waals surface area contributed by atoms with E-state index < -0.39 is 0 Å². The third-order valence-corrected chi connectivity index (χ3v) is 2.03. The number of hydrogen-bond donors (Lipinski definition) is 1. The molecule has 0 saturated carbocycles. The van der Waals surface area contributed by atoms with Crippen LogP contribution in [0.4, 0.5) is 0 Å². The van der Waals surface area contributed by atoms with Gasteiger partial charge in [0.1, 0.15) is 0 Å². The predicted octanol–water partition coefficient (Wildman–Crippen LogP) is 2.12. The van der Waals surface area contributed by atoms with Gasteiger partial charge in [0.05, 0.1) is 11.6 Å². The molecule has 13 heavy (non-hydrogen) atoms. The summed E-state index contributed by atoms with van der Waals surface area (Å²) in [5.41, 5.74) is 1.20. The van der Waals surface area contributed by atoms with Gasteiger partial charge in [0.25, 0.3) is 0 Å². The van der Waals surface area contributed by atoms with Gasteiger partial charge in [-0.25, -0.2) is 0 Å². The lowest BCUT2D eigenvalue weighted by Crippen LogP contribution is -2.01. The Kier molecular flexibility index (Phi) is 3.30. The molecule has 3 heteroatoms. The summed E-state index contributed by atoms with van der Waals surface area (Å²) in [5, 5.41) is 18.2. The van der Waals surface area contributed by atoms with E-state index in [0.717, 1.165) is 0 Å². The fourth-order valence-electron chi connectivity index (χ4n) is 1.07. The summed E-state index contributed by atoms with van der Waals surface area (Å²) in [4.78, 5) is 0. The van der Waals surface area contributed by atoms with Crippen molar-refractivity contribution in [3.8, 4) is 6.07 Å². The van der Waals surface area contributed by atoms with Crippen molar-refractivity contribution < 1.29 is 5.11 Å². The summed E-state index contributed by atoms with van der Waals surface area (Å²) in [7, 11) is 0. The quantitative estimate of drug-likeness (QED) is 0.784. The zero-order chi connectivity index (χ0) is 9.84. The normalized spacial score (nSPS) is 12.2. The summed E-state index contributed by atoms with van der Waals surface area (Å²) >= 11 is 5.76. The van der Waals surface area contributed by atoms with Gasteiger partial charge < -0.3 is 5.11 Å². The number of benzene rings is 1. The van der Waals surface area contributed by atoms with Crippen LogP contribution in [0, 0.1) is 18.3 Å². The lowest BCUT2D eigenvalue weighted by Gasteiger charge is -2.09. The van der Waals surface area contributed by atoms with Crippen molar-refractivity contribution in [3.05, 3.63) is 41.3 Å². The van der Waals surface area contributed by atoms with Crippen LogP contribution in [-0.4, -0.2) is 11.7 Å². The van der Waals surface area contributed by atoms with E-state index in [2.05, 4.69) is 6.92 Å². The van der Waals surface area contributed by atoms with Gasteiger partial charge in [0, 0.05) is 17.5 Å².